The fourth-order valence-electron chi connectivity index (χ4n) is 5.87. The van der Waals surface area contributed by atoms with E-state index in [9.17, 15) is 33.1 Å². The molecular weight excluding hydrogens is 530 g/mol. The van der Waals surface area contributed by atoms with Gasteiger partial charge in [0, 0.05) is 43.2 Å². The van der Waals surface area contributed by atoms with Crippen LogP contribution in [0.1, 0.15) is 61.2 Å². The molecule has 0 bridgehead atoms. The maximum atomic E-state index is 13.7. The van der Waals surface area contributed by atoms with Crippen LogP contribution in [0.15, 0.2) is 24.3 Å². The number of amides is 4. The molecule has 2 unspecified atom stereocenters. The lowest BCUT2D eigenvalue weighted by molar-refractivity contribution is -0.141. The van der Waals surface area contributed by atoms with Crippen LogP contribution in [0.3, 0.4) is 0 Å². The fourth-order valence-corrected chi connectivity index (χ4v) is 6.82. The highest BCUT2D eigenvalue weighted by Gasteiger charge is 2.46. The van der Waals surface area contributed by atoms with Gasteiger partial charge in [-0.3, -0.25) is 19.2 Å². The number of thiophene rings is 1. The molecular formula is C27H32F2N4O5S. The van der Waals surface area contributed by atoms with Gasteiger partial charge in [0.15, 0.2) is 0 Å². The molecule has 1 aromatic heterocycles. The summed E-state index contributed by atoms with van der Waals surface area (Å²) >= 11 is 1.17. The summed E-state index contributed by atoms with van der Waals surface area (Å²) in [5.74, 6) is -4.34. The van der Waals surface area contributed by atoms with E-state index in [1.807, 2.05) is 0 Å². The maximum Gasteiger partial charge on any atom is 0.270 e. The fraction of sp³-hybridized carbons (Fsp3) is 0.556. The first kappa shape index (κ1) is 27.4. The Morgan fingerprint density at radius 1 is 1.08 bits per heavy atom. The number of hydrogen-bond donors (Lipinski definition) is 3. The quantitative estimate of drug-likeness (QED) is 0.517. The zero-order valence-corrected chi connectivity index (χ0v) is 22.6. The van der Waals surface area contributed by atoms with Gasteiger partial charge in [-0.05, 0) is 55.7 Å². The minimum atomic E-state index is -3.00. The Morgan fingerprint density at radius 2 is 1.85 bits per heavy atom. The number of aliphatic hydroxyl groups is 1. The first-order valence-corrected chi connectivity index (χ1v) is 14.0. The number of aliphatic hydroxyl groups excluding tert-OH is 1. The summed E-state index contributed by atoms with van der Waals surface area (Å²) in [5, 5.41) is 16.5. The number of carbonyl (C=O) groups excluding carboxylic acids is 4. The number of halogens is 2. The number of benzene rings is 1. The molecule has 3 aliphatic rings. The summed E-state index contributed by atoms with van der Waals surface area (Å²) in [5.41, 5.74) is -0.137. The molecule has 39 heavy (non-hydrogen) atoms. The second kappa shape index (κ2) is 10.5. The van der Waals surface area contributed by atoms with Crippen LogP contribution in [0.4, 0.5) is 8.78 Å². The van der Waals surface area contributed by atoms with Gasteiger partial charge in [0.05, 0.1) is 17.0 Å². The van der Waals surface area contributed by atoms with Crippen molar-refractivity contribution in [2.75, 3.05) is 13.1 Å². The standard InChI is InChI=1S/C27H32F2N4O5S/c1-14(34)32-12-19(21(35)13-32)31-24(36)20-8-7-17-4-3-5-18(26(38)33(17)20)30-25(37)23-11-15-10-16(27(2,28)29)6-9-22(15)39-23/h6,9-11,17-21,35H,3-5,7-8,12-13H2,1-2H3,(H,30,37)(H,31,36)/t17-,18?,19?,20-,21-/m0/s1. The van der Waals surface area contributed by atoms with E-state index in [-0.39, 0.29) is 42.4 Å². The molecule has 3 saturated heterocycles. The highest BCUT2D eigenvalue weighted by molar-refractivity contribution is 7.20. The zero-order valence-electron chi connectivity index (χ0n) is 21.8. The third-order valence-corrected chi connectivity index (χ3v) is 9.12. The molecule has 1 aromatic carbocycles. The van der Waals surface area contributed by atoms with E-state index in [2.05, 4.69) is 10.6 Å². The predicted molar refractivity (Wildman–Crippen MR) is 140 cm³/mol. The Hall–Kier alpha value is -3.12. The van der Waals surface area contributed by atoms with Gasteiger partial charge in [0.1, 0.15) is 12.1 Å². The minimum absolute atomic E-state index is 0.115. The van der Waals surface area contributed by atoms with Crippen LogP contribution in [0.5, 0.6) is 0 Å². The average molecular weight is 563 g/mol. The van der Waals surface area contributed by atoms with E-state index in [0.717, 1.165) is 6.92 Å². The monoisotopic (exact) mass is 562 g/mol. The average Bonchev–Trinajstić information content (AvgIpc) is 3.56. The van der Waals surface area contributed by atoms with E-state index in [4.69, 9.17) is 0 Å². The van der Waals surface area contributed by atoms with E-state index in [0.29, 0.717) is 47.1 Å². The normalized spacial score (nSPS) is 27.4. The van der Waals surface area contributed by atoms with E-state index in [1.165, 1.54) is 35.3 Å². The topological polar surface area (TPSA) is 119 Å². The van der Waals surface area contributed by atoms with Gasteiger partial charge in [0.25, 0.3) is 11.8 Å². The van der Waals surface area contributed by atoms with E-state index in [1.54, 1.807) is 17.0 Å². The molecule has 3 aliphatic heterocycles. The van der Waals surface area contributed by atoms with Gasteiger partial charge < -0.3 is 25.5 Å². The van der Waals surface area contributed by atoms with Crippen molar-refractivity contribution in [1.29, 1.82) is 0 Å². The molecule has 0 aliphatic carbocycles. The molecule has 0 saturated carbocycles. The van der Waals surface area contributed by atoms with Gasteiger partial charge in [0.2, 0.25) is 17.7 Å². The van der Waals surface area contributed by atoms with Gasteiger partial charge in [-0.25, -0.2) is 8.78 Å². The first-order chi connectivity index (χ1) is 18.4. The third-order valence-electron chi connectivity index (χ3n) is 8.00. The molecule has 3 N–H and O–H groups in total. The number of nitrogens with one attached hydrogen (secondary N) is 2. The van der Waals surface area contributed by atoms with E-state index < -0.39 is 36.1 Å². The van der Waals surface area contributed by atoms with Crippen molar-refractivity contribution in [3.63, 3.8) is 0 Å². The molecule has 4 heterocycles. The zero-order chi connectivity index (χ0) is 28.1. The second-order valence-electron chi connectivity index (χ2n) is 10.8. The van der Waals surface area contributed by atoms with Gasteiger partial charge in [-0.2, -0.15) is 0 Å². The van der Waals surface area contributed by atoms with Gasteiger partial charge >= 0.3 is 0 Å². The molecule has 210 valence electrons. The highest BCUT2D eigenvalue weighted by Crippen LogP contribution is 2.34. The molecule has 0 spiro atoms. The van der Waals surface area contributed by atoms with Crippen molar-refractivity contribution in [2.45, 2.75) is 82.1 Å². The third kappa shape index (κ3) is 5.49. The Morgan fingerprint density at radius 3 is 2.54 bits per heavy atom. The SMILES string of the molecule is CC(=O)N1CC(NC(=O)[C@@H]2CC[C@@H]3CCCC(NC(=O)c4cc5cc(C(C)(F)F)ccc5s4)C(=O)N32)[C@@H](O)C1. The minimum Gasteiger partial charge on any atom is -0.389 e. The number of nitrogens with zero attached hydrogens (tertiary/aromatic N) is 2. The molecule has 3 fully saturated rings. The Bertz CT molecular complexity index is 1310. The Kier molecular flexibility index (Phi) is 7.36. The molecule has 9 nitrogen and oxygen atoms in total. The maximum absolute atomic E-state index is 13.7. The predicted octanol–water partition coefficient (Wildman–Crippen LogP) is 2.36. The van der Waals surface area contributed by atoms with Crippen LogP contribution in [0, 0.1) is 0 Å². The van der Waals surface area contributed by atoms with Crippen molar-refractivity contribution in [3.8, 4) is 0 Å². The van der Waals surface area contributed by atoms with Crippen molar-refractivity contribution in [3.05, 3.63) is 34.7 Å². The molecule has 5 rings (SSSR count). The summed E-state index contributed by atoms with van der Waals surface area (Å²) in [6.45, 7) is 2.58. The first-order valence-electron chi connectivity index (χ1n) is 13.2. The number of β-amino-alcohol motifs (C(OH)–C–C–N with tert-alkyl or cyclic N) is 1. The summed E-state index contributed by atoms with van der Waals surface area (Å²) < 4.78 is 28.2. The lowest BCUT2D eigenvalue weighted by Crippen LogP contribution is -2.56. The number of alkyl halides is 2. The summed E-state index contributed by atoms with van der Waals surface area (Å²) in [6, 6.07) is 3.56. The largest absolute Gasteiger partial charge is 0.389 e. The lowest BCUT2D eigenvalue weighted by atomic mass is 10.1. The molecule has 12 heteroatoms. The van der Waals surface area contributed by atoms with Crippen LogP contribution in [-0.2, 0) is 20.3 Å². The van der Waals surface area contributed by atoms with Crippen molar-refractivity contribution in [1.82, 2.24) is 20.4 Å². The van der Waals surface area contributed by atoms with Crippen LogP contribution in [0.2, 0.25) is 0 Å². The number of rotatable bonds is 5. The Balaban J connectivity index is 1.28. The van der Waals surface area contributed by atoms with Crippen LogP contribution >= 0.6 is 11.3 Å². The molecule has 2 aromatic rings. The summed E-state index contributed by atoms with van der Waals surface area (Å²) in [6.07, 6.45) is 2.09. The molecule has 0 radical (unpaired) electrons. The van der Waals surface area contributed by atoms with Gasteiger partial charge in [-0.15, -0.1) is 11.3 Å². The number of likely N-dealkylation sites (tertiary alicyclic amines) is 1. The second-order valence-corrected chi connectivity index (χ2v) is 11.9. The number of carbonyl (C=O) groups is 4. The highest BCUT2D eigenvalue weighted by atomic mass is 32.1. The Labute approximate surface area is 228 Å². The number of hydrogen-bond acceptors (Lipinski definition) is 6. The number of fused-ring (bicyclic) bond motifs is 2. The smallest absolute Gasteiger partial charge is 0.270 e. The van der Waals surface area contributed by atoms with Crippen molar-refractivity contribution >= 4 is 45.1 Å². The summed E-state index contributed by atoms with van der Waals surface area (Å²) in [4.78, 5) is 55.0. The summed E-state index contributed by atoms with van der Waals surface area (Å²) in [7, 11) is 0. The van der Waals surface area contributed by atoms with Crippen LogP contribution < -0.4 is 10.6 Å². The van der Waals surface area contributed by atoms with E-state index >= 15 is 0 Å². The van der Waals surface area contributed by atoms with Crippen LogP contribution in [0.25, 0.3) is 10.1 Å². The van der Waals surface area contributed by atoms with Crippen LogP contribution in [-0.4, -0.2) is 81.9 Å². The van der Waals surface area contributed by atoms with Gasteiger partial charge in [-0.1, -0.05) is 6.07 Å². The molecule has 5 atom stereocenters. The van der Waals surface area contributed by atoms with Crippen molar-refractivity contribution < 1.29 is 33.1 Å². The molecule has 4 amide bonds. The van der Waals surface area contributed by atoms with Crippen molar-refractivity contribution in [2.24, 2.45) is 0 Å². The lowest BCUT2D eigenvalue weighted by Gasteiger charge is -2.31.